The van der Waals surface area contributed by atoms with Crippen LogP contribution in [0.15, 0.2) is 30.5 Å². The van der Waals surface area contributed by atoms with Crippen molar-refractivity contribution in [2.75, 3.05) is 36.9 Å². The number of carbonyl (C=O) groups excluding carboxylic acids is 1. The van der Waals surface area contributed by atoms with Crippen LogP contribution in [0, 0.1) is 20.8 Å². The summed E-state index contributed by atoms with van der Waals surface area (Å²) in [7, 11) is 1.96. The van der Waals surface area contributed by atoms with Gasteiger partial charge in [0.2, 0.25) is 5.91 Å². The molecule has 1 saturated heterocycles. The first-order chi connectivity index (χ1) is 15.4. The Bertz CT molecular complexity index is 1060. The molecule has 0 aliphatic carbocycles. The number of carbonyl (C=O) groups is 1. The standard InChI is InChI=1S/C22H29N9O/c1-15-11-16(2)25-22(24-15)31-20(12-17(3)28-31)26-21(32)14-29(4)13-18-7-6-10-30(18)19-8-5-9-23-27-19/h5,8-9,11-12,18H,6-7,10,13-14H2,1-4H3,(H,26,32). The number of nitrogens with zero attached hydrogens (tertiary/aromatic N) is 8. The third-order valence-corrected chi connectivity index (χ3v) is 5.42. The van der Waals surface area contributed by atoms with Gasteiger partial charge in [0.25, 0.3) is 5.95 Å². The highest BCUT2D eigenvalue weighted by atomic mass is 16.2. The summed E-state index contributed by atoms with van der Waals surface area (Å²) < 4.78 is 1.58. The van der Waals surface area contributed by atoms with Crippen molar-refractivity contribution in [3.05, 3.63) is 47.5 Å². The van der Waals surface area contributed by atoms with Gasteiger partial charge >= 0.3 is 0 Å². The average molecular weight is 436 g/mol. The van der Waals surface area contributed by atoms with Crippen LogP contribution in [0.1, 0.15) is 29.9 Å². The molecular weight excluding hydrogens is 406 g/mol. The van der Waals surface area contributed by atoms with Crippen molar-refractivity contribution in [3.8, 4) is 5.95 Å². The molecule has 168 valence electrons. The fourth-order valence-electron chi connectivity index (χ4n) is 4.17. The number of anilines is 2. The average Bonchev–Trinajstić information content (AvgIpc) is 3.34. The SMILES string of the molecule is Cc1cc(C)nc(-n2nc(C)cc2NC(=O)CN(C)CC2CCCN2c2cccnn2)n1. The predicted octanol–water partition coefficient (Wildman–Crippen LogP) is 1.92. The molecule has 4 heterocycles. The Morgan fingerprint density at radius 3 is 2.69 bits per heavy atom. The number of likely N-dealkylation sites (N-methyl/N-ethyl adjacent to an activating group) is 1. The van der Waals surface area contributed by atoms with E-state index in [1.54, 1.807) is 10.9 Å². The highest BCUT2D eigenvalue weighted by molar-refractivity contribution is 5.91. The molecule has 32 heavy (non-hydrogen) atoms. The molecule has 3 aromatic heterocycles. The molecule has 4 rings (SSSR count). The molecule has 0 bridgehead atoms. The minimum atomic E-state index is -0.109. The summed E-state index contributed by atoms with van der Waals surface area (Å²) in [5.74, 6) is 1.79. The molecule has 1 aliphatic heterocycles. The van der Waals surface area contributed by atoms with Crippen LogP contribution in [0.25, 0.3) is 5.95 Å². The molecule has 0 radical (unpaired) electrons. The second kappa shape index (κ2) is 9.39. The first-order valence-corrected chi connectivity index (χ1v) is 10.8. The number of hydrogen-bond acceptors (Lipinski definition) is 8. The maximum atomic E-state index is 12.8. The van der Waals surface area contributed by atoms with Gasteiger partial charge in [-0.2, -0.15) is 14.9 Å². The number of aryl methyl sites for hydroxylation is 3. The molecular formula is C22H29N9O. The van der Waals surface area contributed by atoms with E-state index in [1.165, 1.54) is 0 Å². The number of hydrogen-bond donors (Lipinski definition) is 1. The molecule has 1 fully saturated rings. The lowest BCUT2D eigenvalue weighted by Gasteiger charge is -2.28. The molecule has 1 N–H and O–H groups in total. The smallest absolute Gasteiger partial charge is 0.252 e. The van der Waals surface area contributed by atoms with E-state index >= 15 is 0 Å². The molecule has 1 aliphatic rings. The fourth-order valence-corrected chi connectivity index (χ4v) is 4.17. The van der Waals surface area contributed by atoms with Crippen LogP contribution < -0.4 is 10.2 Å². The lowest BCUT2D eigenvalue weighted by molar-refractivity contribution is -0.117. The highest BCUT2D eigenvalue weighted by Crippen LogP contribution is 2.23. The zero-order chi connectivity index (χ0) is 22.7. The van der Waals surface area contributed by atoms with E-state index < -0.39 is 0 Å². The summed E-state index contributed by atoms with van der Waals surface area (Å²) in [6.45, 7) is 7.69. The van der Waals surface area contributed by atoms with Crippen LogP contribution in [0.2, 0.25) is 0 Å². The molecule has 0 spiro atoms. The minimum absolute atomic E-state index is 0.109. The van der Waals surface area contributed by atoms with Crippen LogP contribution >= 0.6 is 0 Å². The Kier molecular flexibility index (Phi) is 6.40. The van der Waals surface area contributed by atoms with Gasteiger partial charge < -0.3 is 10.2 Å². The lowest BCUT2D eigenvalue weighted by atomic mass is 10.2. The van der Waals surface area contributed by atoms with E-state index in [0.29, 0.717) is 17.8 Å². The summed E-state index contributed by atoms with van der Waals surface area (Å²) in [5.41, 5.74) is 2.48. The van der Waals surface area contributed by atoms with Crippen molar-refractivity contribution in [1.82, 2.24) is 34.8 Å². The van der Waals surface area contributed by atoms with Crippen LogP contribution in [-0.2, 0) is 4.79 Å². The Hall–Kier alpha value is -3.40. The number of rotatable bonds is 7. The Morgan fingerprint density at radius 1 is 1.19 bits per heavy atom. The molecule has 0 saturated carbocycles. The normalized spacial score (nSPS) is 16.0. The Balaban J connectivity index is 1.40. The van der Waals surface area contributed by atoms with Gasteiger partial charge in [-0.05, 0) is 58.9 Å². The molecule has 1 amide bonds. The third-order valence-electron chi connectivity index (χ3n) is 5.42. The van der Waals surface area contributed by atoms with Gasteiger partial charge in [-0.15, -0.1) is 5.10 Å². The van der Waals surface area contributed by atoms with Crippen LogP contribution in [0.5, 0.6) is 0 Å². The zero-order valence-electron chi connectivity index (χ0n) is 19.0. The topological polar surface area (TPSA) is 105 Å². The largest absolute Gasteiger partial charge is 0.351 e. The summed E-state index contributed by atoms with van der Waals surface area (Å²) in [6, 6.07) is 7.92. The Morgan fingerprint density at radius 2 is 1.97 bits per heavy atom. The van der Waals surface area contributed by atoms with Crippen molar-refractivity contribution < 1.29 is 4.79 Å². The van der Waals surface area contributed by atoms with Crippen LogP contribution in [0.3, 0.4) is 0 Å². The van der Waals surface area contributed by atoms with Crippen LogP contribution in [-0.4, -0.2) is 73.5 Å². The molecule has 10 nitrogen and oxygen atoms in total. The quantitative estimate of drug-likeness (QED) is 0.600. The van der Waals surface area contributed by atoms with E-state index in [0.717, 1.165) is 48.8 Å². The summed E-state index contributed by atoms with van der Waals surface area (Å²) in [5, 5.41) is 15.7. The van der Waals surface area contributed by atoms with Crippen LogP contribution in [0.4, 0.5) is 11.6 Å². The zero-order valence-corrected chi connectivity index (χ0v) is 19.0. The lowest BCUT2D eigenvalue weighted by Crippen LogP contribution is -2.42. The molecule has 1 unspecified atom stereocenters. The second-order valence-electron chi connectivity index (χ2n) is 8.35. The minimum Gasteiger partial charge on any atom is -0.351 e. The summed E-state index contributed by atoms with van der Waals surface area (Å²) in [6.07, 6.45) is 3.86. The van der Waals surface area contributed by atoms with E-state index in [2.05, 4.69) is 35.5 Å². The van der Waals surface area contributed by atoms with Gasteiger partial charge in [0.1, 0.15) is 5.82 Å². The number of amides is 1. The van der Waals surface area contributed by atoms with E-state index in [9.17, 15) is 4.79 Å². The second-order valence-corrected chi connectivity index (χ2v) is 8.35. The van der Waals surface area contributed by atoms with Gasteiger partial charge in [-0.25, -0.2) is 9.97 Å². The van der Waals surface area contributed by atoms with Crippen molar-refractivity contribution in [2.45, 2.75) is 39.7 Å². The van der Waals surface area contributed by atoms with Gasteiger partial charge in [0, 0.05) is 42.8 Å². The van der Waals surface area contributed by atoms with E-state index in [-0.39, 0.29) is 12.5 Å². The predicted molar refractivity (Wildman–Crippen MR) is 122 cm³/mol. The summed E-state index contributed by atoms with van der Waals surface area (Å²) in [4.78, 5) is 26.0. The van der Waals surface area contributed by atoms with Crippen molar-refractivity contribution in [2.24, 2.45) is 0 Å². The van der Waals surface area contributed by atoms with E-state index in [4.69, 9.17) is 0 Å². The number of nitrogens with one attached hydrogen (secondary N) is 1. The monoisotopic (exact) mass is 435 g/mol. The van der Waals surface area contributed by atoms with Crippen molar-refractivity contribution in [1.29, 1.82) is 0 Å². The first-order valence-electron chi connectivity index (χ1n) is 10.8. The maximum Gasteiger partial charge on any atom is 0.252 e. The highest BCUT2D eigenvalue weighted by Gasteiger charge is 2.27. The van der Waals surface area contributed by atoms with Gasteiger partial charge in [-0.3, -0.25) is 9.69 Å². The van der Waals surface area contributed by atoms with Gasteiger partial charge in [0.05, 0.1) is 12.2 Å². The fraction of sp³-hybridized carbons (Fsp3) is 0.455. The summed E-state index contributed by atoms with van der Waals surface area (Å²) >= 11 is 0. The third kappa shape index (κ3) is 5.08. The van der Waals surface area contributed by atoms with E-state index in [1.807, 2.05) is 57.0 Å². The first kappa shape index (κ1) is 21.8. The van der Waals surface area contributed by atoms with Gasteiger partial charge in [0.15, 0.2) is 5.82 Å². The van der Waals surface area contributed by atoms with Gasteiger partial charge in [-0.1, -0.05) is 0 Å². The van der Waals surface area contributed by atoms with Crippen molar-refractivity contribution >= 4 is 17.5 Å². The molecule has 1 atom stereocenters. The number of aromatic nitrogens is 6. The molecule has 0 aromatic carbocycles. The van der Waals surface area contributed by atoms with Crippen molar-refractivity contribution in [3.63, 3.8) is 0 Å². The maximum absolute atomic E-state index is 12.8. The molecule has 10 heteroatoms. The Labute approximate surface area is 187 Å². The molecule has 3 aromatic rings.